The van der Waals surface area contributed by atoms with E-state index in [1.807, 2.05) is 6.92 Å². The summed E-state index contributed by atoms with van der Waals surface area (Å²) in [6, 6.07) is 0. The first-order valence-electron chi connectivity index (χ1n) is 5.42. The zero-order valence-corrected chi connectivity index (χ0v) is 10.5. The van der Waals surface area contributed by atoms with E-state index < -0.39 is 0 Å². The van der Waals surface area contributed by atoms with E-state index in [1.54, 1.807) is 19.3 Å². The number of esters is 1. The van der Waals surface area contributed by atoms with Gasteiger partial charge in [0.05, 0.1) is 12.3 Å². The van der Waals surface area contributed by atoms with Crippen molar-refractivity contribution in [3.05, 3.63) is 17.3 Å². The second kappa shape index (κ2) is 5.09. The number of ether oxygens (including phenoxy) is 1. The number of anilines is 1. The fourth-order valence-electron chi connectivity index (χ4n) is 1.51. The third kappa shape index (κ3) is 2.21. The maximum atomic E-state index is 11.8. The van der Waals surface area contributed by atoms with Crippen LogP contribution < -0.4 is 5.32 Å². The molecule has 0 atom stereocenters. The lowest BCUT2D eigenvalue weighted by Crippen LogP contribution is -2.07. The Morgan fingerprint density at radius 2 is 2.18 bits per heavy atom. The molecule has 2 rings (SSSR count). The van der Waals surface area contributed by atoms with E-state index in [9.17, 15) is 4.79 Å². The molecule has 2 aromatic heterocycles. The molecule has 0 saturated carbocycles. The Kier molecular flexibility index (Phi) is 3.53. The third-order valence-corrected chi connectivity index (χ3v) is 3.21. The van der Waals surface area contributed by atoms with Gasteiger partial charge in [0.2, 0.25) is 0 Å². The minimum atomic E-state index is -0.326. The average Bonchev–Trinajstić information content (AvgIpc) is 2.70. The average molecular weight is 251 g/mol. The van der Waals surface area contributed by atoms with Crippen molar-refractivity contribution in [1.82, 2.24) is 9.97 Å². The summed E-state index contributed by atoms with van der Waals surface area (Å²) in [6.45, 7) is 4.83. The van der Waals surface area contributed by atoms with E-state index in [0.717, 1.165) is 22.6 Å². The fraction of sp³-hybridized carbons (Fsp3) is 0.364. The maximum Gasteiger partial charge on any atom is 0.350 e. The molecule has 0 saturated heterocycles. The molecule has 2 heterocycles. The standard InChI is InChI=1S/C11H13N3O2S/c1-3-12-7-8-10(14-6-5-13-8)17-9(7)11(15)16-4-2/h5-6,12H,3-4H2,1-2H3. The minimum Gasteiger partial charge on any atom is -0.462 e. The molecule has 0 aliphatic heterocycles. The first kappa shape index (κ1) is 11.8. The van der Waals surface area contributed by atoms with Gasteiger partial charge in [0.1, 0.15) is 15.2 Å². The summed E-state index contributed by atoms with van der Waals surface area (Å²) in [5.74, 6) is -0.326. The fourth-order valence-corrected chi connectivity index (χ4v) is 2.48. The smallest absolute Gasteiger partial charge is 0.350 e. The van der Waals surface area contributed by atoms with Crippen molar-refractivity contribution in [2.75, 3.05) is 18.5 Å². The van der Waals surface area contributed by atoms with Crippen molar-refractivity contribution in [2.24, 2.45) is 0 Å². The highest BCUT2D eigenvalue weighted by Gasteiger charge is 2.20. The predicted molar refractivity (Wildman–Crippen MR) is 67.5 cm³/mol. The molecule has 0 spiro atoms. The molecule has 0 fully saturated rings. The molecule has 0 aliphatic rings. The molecular formula is C11H13N3O2S. The van der Waals surface area contributed by atoms with E-state index >= 15 is 0 Å². The van der Waals surface area contributed by atoms with Gasteiger partial charge >= 0.3 is 5.97 Å². The van der Waals surface area contributed by atoms with E-state index in [1.165, 1.54) is 11.3 Å². The number of nitrogens with zero attached hydrogens (tertiary/aromatic N) is 2. The Labute approximate surface area is 103 Å². The van der Waals surface area contributed by atoms with E-state index in [-0.39, 0.29) is 5.97 Å². The van der Waals surface area contributed by atoms with E-state index in [2.05, 4.69) is 15.3 Å². The quantitative estimate of drug-likeness (QED) is 0.845. The molecule has 0 aliphatic carbocycles. The normalized spacial score (nSPS) is 10.5. The van der Waals surface area contributed by atoms with Crippen LogP contribution in [0.2, 0.25) is 0 Å². The highest BCUT2D eigenvalue weighted by Crippen LogP contribution is 2.33. The van der Waals surface area contributed by atoms with E-state index in [4.69, 9.17) is 4.74 Å². The van der Waals surface area contributed by atoms with Gasteiger partial charge in [0.25, 0.3) is 0 Å². The van der Waals surface area contributed by atoms with Gasteiger partial charge < -0.3 is 10.1 Å². The molecule has 2 aromatic rings. The van der Waals surface area contributed by atoms with Gasteiger partial charge in [0, 0.05) is 18.9 Å². The number of nitrogens with one attached hydrogen (secondary N) is 1. The molecular weight excluding hydrogens is 238 g/mol. The number of fused-ring (bicyclic) bond motifs is 1. The zero-order valence-electron chi connectivity index (χ0n) is 9.69. The molecule has 5 nitrogen and oxygen atoms in total. The van der Waals surface area contributed by atoms with Gasteiger partial charge in [-0.15, -0.1) is 11.3 Å². The first-order valence-corrected chi connectivity index (χ1v) is 6.24. The second-order valence-electron chi connectivity index (χ2n) is 3.27. The third-order valence-electron chi connectivity index (χ3n) is 2.14. The topological polar surface area (TPSA) is 64.1 Å². The van der Waals surface area contributed by atoms with Gasteiger partial charge in [-0.2, -0.15) is 0 Å². The van der Waals surface area contributed by atoms with Crippen molar-refractivity contribution in [1.29, 1.82) is 0 Å². The van der Waals surface area contributed by atoms with Crippen LogP contribution >= 0.6 is 11.3 Å². The summed E-state index contributed by atoms with van der Waals surface area (Å²) in [7, 11) is 0. The number of rotatable bonds is 4. The molecule has 0 bridgehead atoms. The van der Waals surface area contributed by atoms with Crippen molar-refractivity contribution in [2.45, 2.75) is 13.8 Å². The number of carbonyl (C=O) groups excluding carboxylic acids is 1. The number of carbonyl (C=O) groups is 1. The first-order chi connectivity index (χ1) is 8.27. The Morgan fingerprint density at radius 3 is 2.88 bits per heavy atom. The largest absolute Gasteiger partial charge is 0.462 e. The zero-order chi connectivity index (χ0) is 12.3. The monoisotopic (exact) mass is 251 g/mol. The summed E-state index contributed by atoms with van der Waals surface area (Å²) in [4.78, 5) is 21.5. The Bertz CT molecular complexity index is 538. The lowest BCUT2D eigenvalue weighted by molar-refractivity contribution is 0.0533. The minimum absolute atomic E-state index is 0.326. The Hall–Kier alpha value is -1.69. The van der Waals surface area contributed by atoms with Crippen LogP contribution in [0.15, 0.2) is 12.4 Å². The van der Waals surface area contributed by atoms with Gasteiger partial charge in [-0.05, 0) is 13.8 Å². The van der Waals surface area contributed by atoms with Gasteiger partial charge in [-0.3, -0.25) is 0 Å². The predicted octanol–water partition coefficient (Wildman–Crippen LogP) is 2.30. The van der Waals surface area contributed by atoms with Crippen molar-refractivity contribution in [3.63, 3.8) is 0 Å². The Morgan fingerprint density at radius 1 is 1.41 bits per heavy atom. The highest BCUT2D eigenvalue weighted by molar-refractivity contribution is 7.21. The molecule has 0 radical (unpaired) electrons. The van der Waals surface area contributed by atoms with Crippen LogP contribution in [0.5, 0.6) is 0 Å². The molecule has 6 heteroatoms. The summed E-state index contributed by atoms with van der Waals surface area (Å²) < 4.78 is 5.02. The molecule has 90 valence electrons. The number of hydrogen-bond acceptors (Lipinski definition) is 6. The van der Waals surface area contributed by atoms with Crippen LogP contribution in [0, 0.1) is 0 Å². The van der Waals surface area contributed by atoms with Crippen LogP contribution in [-0.2, 0) is 4.74 Å². The van der Waals surface area contributed by atoms with Crippen molar-refractivity contribution >= 4 is 33.3 Å². The summed E-state index contributed by atoms with van der Waals surface area (Å²) in [5, 5.41) is 3.15. The van der Waals surface area contributed by atoms with Crippen LogP contribution in [0.3, 0.4) is 0 Å². The van der Waals surface area contributed by atoms with Crippen LogP contribution in [0.25, 0.3) is 10.3 Å². The van der Waals surface area contributed by atoms with Gasteiger partial charge in [-0.1, -0.05) is 0 Å². The van der Waals surface area contributed by atoms with Gasteiger partial charge in [0.15, 0.2) is 0 Å². The Balaban J connectivity index is 2.53. The summed E-state index contributed by atoms with van der Waals surface area (Å²) in [6.07, 6.45) is 3.23. The van der Waals surface area contributed by atoms with Crippen LogP contribution in [-0.4, -0.2) is 29.1 Å². The number of thiophene rings is 1. The van der Waals surface area contributed by atoms with Crippen LogP contribution in [0.4, 0.5) is 5.69 Å². The highest BCUT2D eigenvalue weighted by atomic mass is 32.1. The number of aromatic nitrogens is 2. The summed E-state index contributed by atoms with van der Waals surface area (Å²) >= 11 is 1.30. The molecule has 0 aromatic carbocycles. The molecule has 1 N–H and O–H groups in total. The molecule has 0 amide bonds. The van der Waals surface area contributed by atoms with E-state index in [0.29, 0.717) is 11.5 Å². The lowest BCUT2D eigenvalue weighted by Gasteiger charge is -2.04. The maximum absolute atomic E-state index is 11.8. The molecule has 0 unspecified atom stereocenters. The molecule has 17 heavy (non-hydrogen) atoms. The van der Waals surface area contributed by atoms with Crippen molar-refractivity contribution < 1.29 is 9.53 Å². The van der Waals surface area contributed by atoms with Crippen LogP contribution in [0.1, 0.15) is 23.5 Å². The number of hydrogen-bond donors (Lipinski definition) is 1. The second-order valence-corrected chi connectivity index (χ2v) is 4.27. The van der Waals surface area contributed by atoms with Gasteiger partial charge in [-0.25, -0.2) is 14.8 Å². The SMILES string of the molecule is CCNc1c(C(=O)OCC)sc2nccnc12. The lowest BCUT2D eigenvalue weighted by atomic mass is 10.3. The summed E-state index contributed by atoms with van der Waals surface area (Å²) in [5.41, 5.74) is 1.45. The van der Waals surface area contributed by atoms with Crippen molar-refractivity contribution in [3.8, 4) is 0 Å².